The normalized spacial score (nSPS) is 22.9. The highest BCUT2D eigenvalue weighted by atomic mass is 14.9. The van der Waals surface area contributed by atoms with E-state index in [0.29, 0.717) is 0 Å². The third-order valence-corrected chi connectivity index (χ3v) is 3.26. The van der Waals surface area contributed by atoms with Crippen molar-refractivity contribution in [1.29, 1.82) is 0 Å². The molecule has 4 N–H and O–H groups in total. The van der Waals surface area contributed by atoms with Gasteiger partial charge in [-0.05, 0) is 51.7 Å². The Bertz CT molecular complexity index is 240. The Morgan fingerprint density at radius 1 is 1.47 bits per heavy atom. The van der Waals surface area contributed by atoms with Gasteiger partial charge in [0, 0.05) is 18.7 Å². The molecule has 1 heterocycles. The van der Waals surface area contributed by atoms with Crippen LogP contribution in [0, 0.1) is 5.92 Å². The summed E-state index contributed by atoms with van der Waals surface area (Å²) >= 11 is 0. The SMILES string of the molecule is C/C=C(/CCNCC1CCCNCC1)N=CN. The molecule has 0 saturated carbocycles. The minimum atomic E-state index is 0.831. The quantitative estimate of drug-likeness (QED) is 0.371. The number of rotatable bonds is 6. The topological polar surface area (TPSA) is 62.4 Å². The van der Waals surface area contributed by atoms with Gasteiger partial charge in [0.1, 0.15) is 0 Å². The fraction of sp³-hybridized carbons (Fsp3) is 0.769. The lowest BCUT2D eigenvalue weighted by Gasteiger charge is -2.14. The van der Waals surface area contributed by atoms with Crippen LogP contribution < -0.4 is 16.4 Å². The van der Waals surface area contributed by atoms with Crippen LogP contribution in [0.1, 0.15) is 32.6 Å². The Hall–Kier alpha value is -0.870. The maximum atomic E-state index is 5.28. The molecule has 98 valence electrons. The number of allylic oxidation sites excluding steroid dienone is 1. The van der Waals surface area contributed by atoms with Crippen LogP contribution in [0.2, 0.25) is 0 Å². The molecule has 1 aliphatic rings. The molecule has 1 atom stereocenters. The second-order valence-electron chi connectivity index (χ2n) is 4.56. The molecule has 1 saturated heterocycles. The molecule has 17 heavy (non-hydrogen) atoms. The highest BCUT2D eigenvalue weighted by Crippen LogP contribution is 2.12. The van der Waals surface area contributed by atoms with E-state index >= 15 is 0 Å². The molecule has 0 aromatic heterocycles. The molecule has 1 unspecified atom stereocenters. The minimum Gasteiger partial charge on any atom is -0.390 e. The molecular weight excluding hydrogens is 212 g/mol. The standard InChI is InChI=1S/C13H26N4/c1-2-13(17-11-14)6-9-16-10-12-4-3-7-15-8-5-12/h2,11-12,15-16H,3-10H2,1H3,(H2,14,17)/b13-2-. The molecule has 4 heteroatoms. The van der Waals surface area contributed by atoms with Gasteiger partial charge in [-0.1, -0.05) is 6.08 Å². The predicted octanol–water partition coefficient (Wildman–Crippen LogP) is 1.25. The summed E-state index contributed by atoms with van der Waals surface area (Å²) in [5.41, 5.74) is 6.34. The van der Waals surface area contributed by atoms with E-state index in [1.54, 1.807) is 0 Å². The lowest BCUT2D eigenvalue weighted by Crippen LogP contribution is -2.25. The Labute approximate surface area is 105 Å². The minimum absolute atomic E-state index is 0.831. The van der Waals surface area contributed by atoms with E-state index in [4.69, 9.17) is 5.73 Å². The lowest BCUT2D eigenvalue weighted by molar-refractivity contribution is 0.436. The van der Waals surface area contributed by atoms with Crippen LogP contribution in [0.5, 0.6) is 0 Å². The van der Waals surface area contributed by atoms with Gasteiger partial charge < -0.3 is 16.4 Å². The molecule has 0 aromatic rings. The highest BCUT2D eigenvalue weighted by molar-refractivity contribution is 5.53. The van der Waals surface area contributed by atoms with Crippen molar-refractivity contribution in [2.45, 2.75) is 32.6 Å². The Kier molecular flexibility index (Phi) is 7.67. The Morgan fingerprint density at radius 3 is 3.12 bits per heavy atom. The van der Waals surface area contributed by atoms with Crippen LogP contribution in [0.15, 0.2) is 16.8 Å². The van der Waals surface area contributed by atoms with Gasteiger partial charge in [0.25, 0.3) is 0 Å². The molecular formula is C13H26N4. The zero-order valence-electron chi connectivity index (χ0n) is 10.9. The lowest BCUT2D eigenvalue weighted by atomic mass is 10.0. The molecule has 0 radical (unpaired) electrons. The van der Waals surface area contributed by atoms with Gasteiger partial charge in [-0.2, -0.15) is 0 Å². The van der Waals surface area contributed by atoms with Crippen molar-refractivity contribution in [3.8, 4) is 0 Å². The fourth-order valence-electron chi connectivity index (χ4n) is 2.20. The maximum Gasteiger partial charge on any atom is 0.0856 e. The summed E-state index contributed by atoms with van der Waals surface area (Å²) in [4.78, 5) is 4.11. The number of nitrogens with one attached hydrogen (secondary N) is 2. The highest BCUT2D eigenvalue weighted by Gasteiger charge is 2.10. The molecule has 1 aliphatic heterocycles. The summed E-state index contributed by atoms with van der Waals surface area (Å²) in [7, 11) is 0. The van der Waals surface area contributed by atoms with Gasteiger partial charge in [-0.25, -0.2) is 4.99 Å². The van der Waals surface area contributed by atoms with Crippen LogP contribution in [0.3, 0.4) is 0 Å². The van der Waals surface area contributed by atoms with E-state index in [0.717, 1.165) is 31.1 Å². The van der Waals surface area contributed by atoms with Crippen LogP contribution in [0.25, 0.3) is 0 Å². The molecule has 0 aliphatic carbocycles. The van der Waals surface area contributed by atoms with Crippen molar-refractivity contribution in [1.82, 2.24) is 10.6 Å². The van der Waals surface area contributed by atoms with Crippen molar-refractivity contribution < 1.29 is 0 Å². The maximum absolute atomic E-state index is 5.28. The Balaban J connectivity index is 2.10. The average molecular weight is 238 g/mol. The summed E-state index contributed by atoms with van der Waals surface area (Å²) in [6.07, 6.45) is 8.29. The first-order valence-electron chi connectivity index (χ1n) is 6.67. The number of hydrogen-bond donors (Lipinski definition) is 3. The zero-order chi connectivity index (χ0) is 12.3. The average Bonchev–Trinajstić information content (AvgIpc) is 2.61. The molecule has 0 amide bonds. The van der Waals surface area contributed by atoms with Crippen LogP contribution in [0.4, 0.5) is 0 Å². The van der Waals surface area contributed by atoms with Crippen molar-refractivity contribution in [2.24, 2.45) is 16.6 Å². The second kappa shape index (κ2) is 9.19. The monoisotopic (exact) mass is 238 g/mol. The second-order valence-corrected chi connectivity index (χ2v) is 4.56. The van der Waals surface area contributed by atoms with Gasteiger partial charge in [-0.3, -0.25) is 0 Å². The number of nitrogens with two attached hydrogens (primary N) is 1. The molecule has 0 spiro atoms. The van der Waals surface area contributed by atoms with Crippen LogP contribution >= 0.6 is 0 Å². The predicted molar refractivity (Wildman–Crippen MR) is 74.1 cm³/mol. The molecule has 4 nitrogen and oxygen atoms in total. The van der Waals surface area contributed by atoms with Gasteiger partial charge in [0.05, 0.1) is 6.34 Å². The van der Waals surface area contributed by atoms with E-state index in [1.165, 1.54) is 38.7 Å². The van der Waals surface area contributed by atoms with E-state index in [2.05, 4.69) is 15.6 Å². The number of hydrogen-bond acceptors (Lipinski definition) is 3. The summed E-state index contributed by atoms with van der Waals surface area (Å²) in [6, 6.07) is 0. The summed E-state index contributed by atoms with van der Waals surface area (Å²) in [5.74, 6) is 0.831. The van der Waals surface area contributed by atoms with E-state index in [9.17, 15) is 0 Å². The van der Waals surface area contributed by atoms with Crippen molar-refractivity contribution in [3.05, 3.63) is 11.8 Å². The van der Waals surface area contributed by atoms with Crippen molar-refractivity contribution in [3.63, 3.8) is 0 Å². The first kappa shape index (κ1) is 14.2. The van der Waals surface area contributed by atoms with Gasteiger partial charge in [0.15, 0.2) is 0 Å². The van der Waals surface area contributed by atoms with Crippen LogP contribution in [-0.2, 0) is 0 Å². The molecule has 0 bridgehead atoms. The van der Waals surface area contributed by atoms with Gasteiger partial charge in [0.2, 0.25) is 0 Å². The molecule has 1 rings (SSSR count). The summed E-state index contributed by atoms with van der Waals surface area (Å²) < 4.78 is 0. The Morgan fingerprint density at radius 2 is 2.35 bits per heavy atom. The molecule has 1 fully saturated rings. The summed E-state index contributed by atoms with van der Waals surface area (Å²) in [5, 5.41) is 6.96. The smallest absolute Gasteiger partial charge is 0.0856 e. The van der Waals surface area contributed by atoms with E-state index in [1.807, 2.05) is 13.0 Å². The number of nitrogens with zero attached hydrogens (tertiary/aromatic N) is 1. The summed E-state index contributed by atoms with van der Waals surface area (Å²) in [6.45, 7) is 6.47. The molecule has 0 aromatic carbocycles. The largest absolute Gasteiger partial charge is 0.390 e. The van der Waals surface area contributed by atoms with Crippen molar-refractivity contribution in [2.75, 3.05) is 26.2 Å². The number of aliphatic imine (C=N–C) groups is 1. The van der Waals surface area contributed by atoms with Gasteiger partial charge >= 0.3 is 0 Å². The van der Waals surface area contributed by atoms with Gasteiger partial charge in [-0.15, -0.1) is 0 Å². The third-order valence-electron chi connectivity index (χ3n) is 3.26. The van der Waals surface area contributed by atoms with Crippen LogP contribution in [-0.4, -0.2) is 32.5 Å². The zero-order valence-corrected chi connectivity index (χ0v) is 10.9. The van der Waals surface area contributed by atoms with E-state index < -0.39 is 0 Å². The fourth-order valence-corrected chi connectivity index (χ4v) is 2.20. The van der Waals surface area contributed by atoms with E-state index in [-0.39, 0.29) is 0 Å². The third kappa shape index (κ3) is 6.44. The van der Waals surface area contributed by atoms with Crippen molar-refractivity contribution >= 4 is 6.34 Å². The first-order valence-corrected chi connectivity index (χ1v) is 6.67. The first-order chi connectivity index (χ1) is 8.36.